The quantitative estimate of drug-likeness (QED) is 0.845. The minimum Gasteiger partial charge on any atom is -0.496 e. The van der Waals surface area contributed by atoms with E-state index >= 15 is 0 Å². The largest absolute Gasteiger partial charge is 0.496 e. The minimum absolute atomic E-state index is 0.699. The van der Waals surface area contributed by atoms with Crippen LogP contribution in [0.15, 0.2) is 48.5 Å². The molecule has 0 radical (unpaired) electrons. The number of likely N-dealkylation sites (tertiary alicyclic amines) is 1. The van der Waals surface area contributed by atoms with Gasteiger partial charge in [-0.2, -0.15) is 0 Å². The maximum atomic E-state index is 5.58. The number of hydrogen-bond donors (Lipinski definition) is 0. The van der Waals surface area contributed by atoms with Crippen molar-refractivity contribution in [1.29, 1.82) is 0 Å². The normalized spacial score (nSPS) is 23.3. The van der Waals surface area contributed by atoms with E-state index in [4.69, 9.17) is 4.74 Å². The van der Waals surface area contributed by atoms with Crippen molar-refractivity contribution in [2.45, 2.75) is 37.6 Å². The second kappa shape index (κ2) is 6.37. The molecule has 0 aromatic heterocycles. The minimum atomic E-state index is 0.699. The predicted molar refractivity (Wildman–Crippen MR) is 94.2 cm³/mol. The zero-order valence-electron chi connectivity index (χ0n) is 13.9. The summed E-state index contributed by atoms with van der Waals surface area (Å²) in [5.74, 6) is 1.79. The summed E-state index contributed by atoms with van der Waals surface area (Å²) in [7, 11) is 1.79. The van der Waals surface area contributed by atoms with Gasteiger partial charge in [-0.25, -0.2) is 0 Å². The first kappa shape index (κ1) is 14.8. The van der Waals surface area contributed by atoms with E-state index in [1.165, 1.54) is 37.1 Å². The van der Waals surface area contributed by atoms with Crippen molar-refractivity contribution in [1.82, 2.24) is 4.90 Å². The summed E-state index contributed by atoms with van der Waals surface area (Å²) >= 11 is 0. The van der Waals surface area contributed by atoms with Gasteiger partial charge < -0.3 is 4.74 Å². The average Bonchev–Trinajstić information content (AvgIpc) is 3.04. The molecule has 2 heteroatoms. The number of fused-ring (bicyclic) bond motifs is 3. The maximum Gasteiger partial charge on any atom is 0.122 e. The average molecular weight is 307 g/mol. The summed E-state index contributed by atoms with van der Waals surface area (Å²) in [5, 5.41) is 0. The van der Waals surface area contributed by atoms with Crippen LogP contribution in [-0.2, 0) is 12.8 Å². The molecule has 2 aromatic rings. The van der Waals surface area contributed by atoms with E-state index < -0.39 is 0 Å². The number of ether oxygens (including phenoxy) is 1. The first-order chi connectivity index (χ1) is 11.4. The fourth-order valence-electron chi connectivity index (χ4n) is 4.54. The number of benzene rings is 2. The Kier molecular flexibility index (Phi) is 4.09. The molecule has 0 bridgehead atoms. The molecule has 1 fully saturated rings. The van der Waals surface area contributed by atoms with Crippen molar-refractivity contribution in [2.75, 3.05) is 20.2 Å². The Balaban J connectivity index is 1.49. The highest BCUT2D eigenvalue weighted by atomic mass is 16.5. The van der Waals surface area contributed by atoms with Crippen molar-refractivity contribution in [3.05, 3.63) is 65.2 Å². The highest BCUT2D eigenvalue weighted by molar-refractivity contribution is 5.45. The van der Waals surface area contributed by atoms with Crippen molar-refractivity contribution < 1.29 is 4.74 Å². The fourth-order valence-corrected chi connectivity index (χ4v) is 4.54. The van der Waals surface area contributed by atoms with Crippen molar-refractivity contribution in [3.63, 3.8) is 0 Å². The predicted octanol–water partition coefficient (Wildman–Crippen LogP) is 4.04. The Morgan fingerprint density at radius 2 is 1.91 bits per heavy atom. The molecule has 120 valence electrons. The Hall–Kier alpha value is -1.80. The lowest BCUT2D eigenvalue weighted by molar-refractivity contribution is 0.228. The third-order valence-electron chi connectivity index (χ3n) is 5.67. The lowest BCUT2D eigenvalue weighted by Crippen LogP contribution is -2.36. The van der Waals surface area contributed by atoms with E-state index in [1.807, 2.05) is 0 Å². The monoisotopic (exact) mass is 307 g/mol. The molecule has 0 spiro atoms. The van der Waals surface area contributed by atoms with E-state index in [2.05, 4.69) is 53.4 Å². The molecule has 2 atom stereocenters. The molecule has 1 heterocycles. The van der Waals surface area contributed by atoms with Gasteiger partial charge in [-0.15, -0.1) is 0 Å². The summed E-state index contributed by atoms with van der Waals surface area (Å²) in [4.78, 5) is 2.72. The fraction of sp³-hybridized carbons (Fsp3) is 0.429. The van der Waals surface area contributed by atoms with Gasteiger partial charge in [0.1, 0.15) is 5.75 Å². The Bertz CT molecular complexity index is 667. The number of rotatable bonds is 4. The van der Waals surface area contributed by atoms with Gasteiger partial charge >= 0.3 is 0 Å². The van der Waals surface area contributed by atoms with E-state index in [0.717, 1.165) is 24.6 Å². The number of hydrogen-bond acceptors (Lipinski definition) is 2. The molecule has 1 aliphatic carbocycles. The Morgan fingerprint density at radius 3 is 2.74 bits per heavy atom. The first-order valence-electron chi connectivity index (χ1n) is 8.80. The second-order valence-electron chi connectivity index (χ2n) is 6.80. The molecule has 2 aromatic carbocycles. The molecule has 0 N–H and O–H groups in total. The third-order valence-corrected chi connectivity index (χ3v) is 5.67. The number of nitrogens with zero attached hydrogens (tertiary/aromatic N) is 1. The van der Waals surface area contributed by atoms with Gasteiger partial charge in [0.05, 0.1) is 7.11 Å². The second-order valence-corrected chi connectivity index (χ2v) is 6.80. The summed E-state index contributed by atoms with van der Waals surface area (Å²) in [5.41, 5.74) is 4.46. The molecule has 0 amide bonds. The topological polar surface area (TPSA) is 12.5 Å². The van der Waals surface area contributed by atoms with Crippen LogP contribution < -0.4 is 4.74 Å². The zero-order valence-corrected chi connectivity index (χ0v) is 13.9. The maximum absolute atomic E-state index is 5.58. The van der Waals surface area contributed by atoms with Crippen LogP contribution in [0.5, 0.6) is 5.75 Å². The molecule has 23 heavy (non-hydrogen) atoms. The highest BCUT2D eigenvalue weighted by Gasteiger charge is 2.38. The standard InChI is InChI=1S/C21H25NO/c1-23-21-9-5-8-17-18-13-15-22(20(18)11-10-19(17)21)14-12-16-6-3-2-4-7-16/h2-9,18,20H,10-15H2,1H3. The summed E-state index contributed by atoms with van der Waals surface area (Å²) in [6.45, 7) is 2.42. The summed E-state index contributed by atoms with van der Waals surface area (Å²) in [6, 6.07) is 18.2. The van der Waals surface area contributed by atoms with Gasteiger partial charge in [-0.05, 0) is 55.0 Å². The van der Waals surface area contributed by atoms with Gasteiger partial charge in [0, 0.05) is 18.5 Å². The van der Waals surface area contributed by atoms with Gasteiger partial charge in [0.15, 0.2) is 0 Å². The van der Waals surface area contributed by atoms with Crippen LogP contribution in [0.25, 0.3) is 0 Å². The van der Waals surface area contributed by atoms with Gasteiger partial charge in [-0.3, -0.25) is 4.90 Å². The third kappa shape index (κ3) is 2.76. The number of methoxy groups -OCH3 is 1. The van der Waals surface area contributed by atoms with Crippen LogP contribution in [0.1, 0.15) is 35.4 Å². The zero-order chi connectivity index (χ0) is 15.6. The Morgan fingerprint density at radius 1 is 1.04 bits per heavy atom. The van der Waals surface area contributed by atoms with E-state index in [0.29, 0.717) is 5.92 Å². The lowest BCUT2D eigenvalue weighted by atomic mass is 9.79. The summed E-state index contributed by atoms with van der Waals surface area (Å²) < 4.78 is 5.58. The molecule has 1 aliphatic heterocycles. The molecule has 2 nitrogen and oxygen atoms in total. The lowest BCUT2D eigenvalue weighted by Gasteiger charge is -2.34. The van der Waals surface area contributed by atoms with Crippen LogP contribution in [0, 0.1) is 0 Å². The Labute approximate surface area is 139 Å². The van der Waals surface area contributed by atoms with E-state index in [-0.39, 0.29) is 0 Å². The molecule has 0 saturated carbocycles. The molecule has 2 aliphatic rings. The van der Waals surface area contributed by atoms with Crippen LogP contribution >= 0.6 is 0 Å². The molecule has 4 rings (SSSR count). The smallest absolute Gasteiger partial charge is 0.122 e. The van der Waals surface area contributed by atoms with E-state index in [9.17, 15) is 0 Å². The SMILES string of the molecule is COc1cccc2c1CCC1C2CCN1CCc1ccccc1. The van der Waals surface area contributed by atoms with Crippen LogP contribution in [0.3, 0.4) is 0 Å². The summed E-state index contributed by atoms with van der Waals surface area (Å²) in [6.07, 6.45) is 4.88. The van der Waals surface area contributed by atoms with Gasteiger partial charge in [0.25, 0.3) is 0 Å². The highest BCUT2D eigenvalue weighted by Crippen LogP contribution is 2.44. The molecular weight excluding hydrogens is 282 g/mol. The van der Waals surface area contributed by atoms with Crippen LogP contribution in [0.4, 0.5) is 0 Å². The van der Waals surface area contributed by atoms with Crippen molar-refractivity contribution in [3.8, 4) is 5.75 Å². The van der Waals surface area contributed by atoms with Gasteiger partial charge in [0.2, 0.25) is 0 Å². The van der Waals surface area contributed by atoms with Crippen LogP contribution in [0.2, 0.25) is 0 Å². The molecule has 2 unspecified atom stereocenters. The first-order valence-corrected chi connectivity index (χ1v) is 8.80. The van der Waals surface area contributed by atoms with Crippen molar-refractivity contribution >= 4 is 0 Å². The molecular formula is C21H25NO. The van der Waals surface area contributed by atoms with Gasteiger partial charge in [-0.1, -0.05) is 42.5 Å². The molecule has 1 saturated heterocycles. The van der Waals surface area contributed by atoms with E-state index in [1.54, 1.807) is 12.7 Å². The van der Waals surface area contributed by atoms with Crippen molar-refractivity contribution in [2.24, 2.45) is 0 Å². The van der Waals surface area contributed by atoms with Crippen LogP contribution in [-0.4, -0.2) is 31.1 Å².